The van der Waals surface area contributed by atoms with E-state index in [1.807, 2.05) is 6.07 Å². The Morgan fingerprint density at radius 1 is 1.00 bits per heavy atom. The molecule has 30 heavy (non-hydrogen) atoms. The Bertz CT molecular complexity index is 1070. The molecule has 0 saturated heterocycles. The van der Waals surface area contributed by atoms with E-state index in [2.05, 4.69) is 0 Å². The second-order valence-corrected chi connectivity index (χ2v) is 6.84. The Balaban J connectivity index is 1.82. The van der Waals surface area contributed by atoms with Gasteiger partial charge in [-0.2, -0.15) is 13.2 Å². The molecular weight excluding hydrogens is 421 g/mol. The molecule has 0 saturated carbocycles. The van der Waals surface area contributed by atoms with E-state index in [4.69, 9.17) is 25.8 Å². The smallest absolute Gasteiger partial charge is 0.416 e. The average Bonchev–Trinajstić information content (AvgIpc) is 2.68. The molecule has 0 spiro atoms. The first-order valence-electron chi connectivity index (χ1n) is 9.09. The third-order valence-corrected chi connectivity index (χ3v) is 4.50. The van der Waals surface area contributed by atoms with Gasteiger partial charge in [-0.05, 0) is 67.1 Å². The third-order valence-electron chi connectivity index (χ3n) is 4.20. The summed E-state index contributed by atoms with van der Waals surface area (Å²) in [5.41, 5.74) is -0.851. The molecule has 1 atom stereocenters. The number of alkyl halides is 3. The first-order chi connectivity index (χ1) is 14.2. The first-order valence-corrected chi connectivity index (χ1v) is 9.47. The van der Waals surface area contributed by atoms with Crippen LogP contribution in [0.1, 0.15) is 19.4 Å². The van der Waals surface area contributed by atoms with Crippen LogP contribution in [0.2, 0.25) is 5.02 Å². The Hall–Kier alpha value is -2.93. The van der Waals surface area contributed by atoms with Crippen LogP contribution in [0.15, 0.2) is 54.6 Å². The monoisotopic (exact) mass is 438 g/mol. The zero-order valence-corrected chi connectivity index (χ0v) is 16.9. The molecule has 0 aliphatic heterocycles. The fourth-order valence-corrected chi connectivity index (χ4v) is 2.96. The van der Waals surface area contributed by atoms with Crippen molar-refractivity contribution < 1.29 is 32.2 Å². The van der Waals surface area contributed by atoms with Crippen LogP contribution in [-0.2, 0) is 15.7 Å². The van der Waals surface area contributed by atoms with Crippen molar-refractivity contribution in [3.63, 3.8) is 0 Å². The van der Waals surface area contributed by atoms with Crippen LogP contribution in [0.4, 0.5) is 13.2 Å². The van der Waals surface area contributed by atoms with Crippen LogP contribution < -0.4 is 9.47 Å². The maximum atomic E-state index is 12.8. The number of fused-ring (bicyclic) bond motifs is 1. The molecule has 0 radical (unpaired) electrons. The summed E-state index contributed by atoms with van der Waals surface area (Å²) in [6, 6.07) is 13.3. The average molecular weight is 439 g/mol. The summed E-state index contributed by atoms with van der Waals surface area (Å²) in [6.07, 6.45) is -5.25. The maximum absolute atomic E-state index is 12.8. The van der Waals surface area contributed by atoms with E-state index in [9.17, 15) is 18.0 Å². The Morgan fingerprint density at radius 3 is 2.30 bits per heavy atom. The SMILES string of the molecule is CCOC(=O)C(C)Oc1ccc2ccc(Oc3ccc(C(F)(F)F)cc3Cl)cc2c1. The van der Waals surface area contributed by atoms with Gasteiger partial charge in [-0.15, -0.1) is 0 Å². The van der Waals surface area contributed by atoms with Gasteiger partial charge in [-0.25, -0.2) is 4.79 Å². The molecule has 3 aromatic rings. The number of rotatable bonds is 6. The third kappa shape index (κ3) is 5.16. The van der Waals surface area contributed by atoms with Crippen molar-refractivity contribution in [3.8, 4) is 17.2 Å². The summed E-state index contributed by atoms with van der Waals surface area (Å²) in [5, 5.41) is 1.49. The lowest BCUT2D eigenvalue weighted by atomic mass is 10.1. The maximum Gasteiger partial charge on any atom is 0.416 e. The van der Waals surface area contributed by atoms with Crippen LogP contribution in [0.25, 0.3) is 10.8 Å². The molecule has 0 bridgehead atoms. The fraction of sp³-hybridized carbons (Fsp3) is 0.227. The zero-order valence-electron chi connectivity index (χ0n) is 16.1. The van der Waals surface area contributed by atoms with Crippen molar-refractivity contribution in [2.24, 2.45) is 0 Å². The molecule has 1 unspecified atom stereocenters. The normalized spacial score (nSPS) is 12.5. The number of carbonyl (C=O) groups is 1. The predicted octanol–water partition coefficient (Wildman–Crippen LogP) is 6.63. The van der Waals surface area contributed by atoms with E-state index >= 15 is 0 Å². The van der Waals surface area contributed by atoms with Gasteiger partial charge in [0.15, 0.2) is 6.10 Å². The number of benzene rings is 3. The predicted molar refractivity (Wildman–Crippen MR) is 107 cm³/mol. The van der Waals surface area contributed by atoms with Crippen molar-refractivity contribution in [1.29, 1.82) is 0 Å². The Kier molecular flexibility index (Phi) is 6.41. The highest BCUT2D eigenvalue weighted by Gasteiger charge is 2.31. The standard InChI is InChI=1S/C22H18ClF3O4/c1-3-28-21(27)13(2)29-17-7-4-14-5-8-18(11-15(14)10-17)30-20-9-6-16(12-19(20)23)22(24,25)26/h4-13H,3H2,1-2H3. The van der Waals surface area contributed by atoms with Gasteiger partial charge < -0.3 is 14.2 Å². The van der Waals surface area contributed by atoms with Gasteiger partial charge in [0.25, 0.3) is 0 Å². The van der Waals surface area contributed by atoms with E-state index in [-0.39, 0.29) is 17.4 Å². The van der Waals surface area contributed by atoms with Crippen LogP contribution in [0.3, 0.4) is 0 Å². The highest BCUT2D eigenvalue weighted by Crippen LogP contribution is 2.37. The second kappa shape index (κ2) is 8.83. The number of carbonyl (C=O) groups excluding carboxylic acids is 1. The van der Waals surface area contributed by atoms with E-state index < -0.39 is 23.8 Å². The Labute approximate surface area is 176 Å². The van der Waals surface area contributed by atoms with Gasteiger partial charge in [-0.3, -0.25) is 0 Å². The molecule has 0 fully saturated rings. The lowest BCUT2D eigenvalue weighted by Gasteiger charge is -2.14. The molecule has 0 heterocycles. The van der Waals surface area contributed by atoms with E-state index in [1.165, 1.54) is 6.07 Å². The van der Waals surface area contributed by atoms with Gasteiger partial charge in [-0.1, -0.05) is 23.7 Å². The molecule has 0 amide bonds. The van der Waals surface area contributed by atoms with Crippen LogP contribution in [-0.4, -0.2) is 18.7 Å². The summed E-state index contributed by atoms with van der Waals surface area (Å²) in [5.74, 6) is 0.492. The molecule has 4 nitrogen and oxygen atoms in total. The van der Waals surface area contributed by atoms with Gasteiger partial charge in [0.1, 0.15) is 17.2 Å². The molecule has 3 aromatic carbocycles. The lowest BCUT2D eigenvalue weighted by molar-refractivity contribution is -0.150. The lowest BCUT2D eigenvalue weighted by Crippen LogP contribution is -2.26. The minimum Gasteiger partial charge on any atom is -0.479 e. The quantitative estimate of drug-likeness (QED) is 0.405. The highest BCUT2D eigenvalue weighted by atomic mass is 35.5. The van der Waals surface area contributed by atoms with Crippen molar-refractivity contribution in [2.75, 3.05) is 6.61 Å². The van der Waals surface area contributed by atoms with Gasteiger partial charge >= 0.3 is 12.1 Å². The number of hydrogen-bond acceptors (Lipinski definition) is 4. The summed E-state index contributed by atoms with van der Waals surface area (Å²) >= 11 is 5.95. The highest BCUT2D eigenvalue weighted by molar-refractivity contribution is 6.32. The zero-order chi connectivity index (χ0) is 21.9. The summed E-state index contributed by atoms with van der Waals surface area (Å²) in [7, 11) is 0. The van der Waals surface area contributed by atoms with Gasteiger partial charge in [0.05, 0.1) is 17.2 Å². The first kappa shape index (κ1) is 21.8. The number of esters is 1. The van der Waals surface area contributed by atoms with Crippen LogP contribution >= 0.6 is 11.6 Å². The molecule has 158 valence electrons. The van der Waals surface area contributed by atoms with E-state index in [0.29, 0.717) is 11.5 Å². The fourth-order valence-electron chi connectivity index (χ4n) is 2.74. The van der Waals surface area contributed by atoms with Crippen molar-refractivity contribution in [2.45, 2.75) is 26.1 Å². The Morgan fingerprint density at radius 2 is 1.67 bits per heavy atom. The number of ether oxygens (including phenoxy) is 3. The molecule has 0 aliphatic rings. The summed E-state index contributed by atoms with van der Waals surface area (Å²) in [6.45, 7) is 3.57. The molecular formula is C22H18ClF3O4. The molecule has 8 heteroatoms. The van der Waals surface area contributed by atoms with Crippen LogP contribution in [0.5, 0.6) is 17.2 Å². The minimum atomic E-state index is -4.48. The molecule has 0 N–H and O–H groups in total. The number of hydrogen-bond donors (Lipinski definition) is 0. The second-order valence-electron chi connectivity index (χ2n) is 6.43. The van der Waals surface area contributed by atoms with Crippen molar-refractivity contribution >= 4 is 28.3 Å². The van der Waals surface area contributed by atoms with E-state index in [1.54, 1.807) is 44.2 Å². The molecule has 0 aromatic heterocycles. The van der Waals surface area contributed by atoms with Crippen molar-refractivity contribution in [1.82, 2.24) is 0 Å². The molecule has 3 rings (SSSR count). The number of halogens is 4. The van der Waals surface area contributed by atoms with Gasteiger partial charge in [0, 0.05) is 0 Å². The van der Waals surface area contributed by atoms with Gasteiger partial charge in [0.2, 0.25) is 0 Å². The largest absolute Gasteiger partial charge is 0.479 e. The minimum absolute atomic E-state index is 0.104. The van der Waals surface area contributed by atoms with Crippen molar-refractivity contribution in [3.05, 3.63) is 65.2 Å². The summed E-state index contributed by atoms with van der Waals surface area (Å²) < 4.78 is 54.5. The van der Waals surface area contributed by atoms with E-state index in [0.717, 1.165) is 22.9 Å². The summed E-state index contributed by atoms with van der Waals surface area (Å²) in [4.78, 5) is 11.7. The van der Waals surface area contributed by atoms with Crippen LogP contribution in [0, 0.1) is 0 Å². The topological polar surface area (TPSA) is 44.8 Å². The molecule has 0 aliphatic carbocycles.